The molecule has 3 unspecified atom stereocenters. The molecule has 1 aromatic rings. The van der Waals surface area contributed by atoms with Crippen molar-refractivity contribution in [2.75, 3.05) is 25.2 Å². The molecule has 0 aliphatic carbocycles. The summed E-state index contributed by atoms with van der Waals surface area (Å²) in [5.74, 6) is 1.05. The fourth-order valence-corrected chi connectivity index (χ4v) is 2.40. The minimum atomic E-state index is -0.463. The van der Waals surface area contributed by atoms with Gasteiger partial charge >= 0.3 is 0 Å². The molecular formula is C15H25NO2S. The molecule has 0 saturated carbocycles. The van der Waals surface area contributed by atoms with Crippen LogP contribution in [0.15, 0.2) is 30.3 Å². The van der Waals surface area contributed by atoms with E-state index in [4.69, 9.17) is 4.74 Å². The Labute approximate surface area is 120 Å². The number of rotatable bonds is 9. The zero-order chi connectivity index (χ0) is 14.1. The SMILES string of the molecule is CSCC(C)NCC(O)COC(C)c1ccccc1. The summed E-state index contributed by atoms with van der Waals surface area (Å²) >= 11 is 1.80. The molecule has 0 aromatic heterocycles. The first-order valence-corrected chi connectivity index (χ1v) is 8.09. The zero-order valence-corrected chi connectivity index (χ0v) is 12.8. The average molecular weight is 283 g/mol. The number of benzene rings is 1. The summed E-state index contributed by atoms with van der Waals surface area (Å²) in [6, 6.07) is 10.5. The molecule has 108 valence electrons. The van der Waals surface area contributed by atoms with E-state index in [2.05, 4.69) is 18.5 Å². The maximum Gasteiger partial charge on any atom is 0.0898 e. The maximum atomic E-state index is 9.87. The van der Waals surface area contributed by atoms with E-state index in [1.807, 2.05) is 37.3 Å². The Morgan fingerprint density at radius 2 is 1.95 bits per heavy atom. The Morgan fingerprint density at radius 3 is 2.58 bits per heavy atom. The van der Waals surface area contributed by atoms with E-state index in [0.29, 0.717) is 19.2 Å². The Hall–Kier alpha value is -0.550. The molecule has 3 nitrogen and oxygen atoms in total. The molecule has 0 aliphatic rings. The number of hydrogen-bond donors (Lipinski definition) is 2. The fourth-order valence-electron chi connectivity index (χ4n) is 1.78. The molecule has 0 radical (unpaired) electrons. The molecule has 19 heavy (non-hydrogen) atoms. The van der Waals surface area contributed by atoms with Crippen molar-refractivity contribution in [1.29, 1.82) is 0 Å². The van der Waals surface area contributed by atoms with Gasteiger partial charge in [0.25, 0.3) is 0 Å². The van der Waals surface area contributed by atoms with Crippen molar-refractivity contribution in [3.8, 4) is 0 Å². The Morgan fingerprint density at radius 1 is 1.26 bits per heavy atom. The van der Waals surface area contributed by atoms with Crippen molar-refractivity contribution < 1.29 is 9.84 Å². The van der Waals surface area contributed by atoms with Gasteiger partial charge in [0.2, 0.25) is 0 Å². The Kier molecular flexibility index (Phi) is 8.14. The third-order valence-electron chi connectivity index (χ3n) is 2.93. The van der Waals surface area contributed by atoms with Crippen molar-refractivity contribution in [2.45, 2.75) is 32.1 Å². The van der Waals surface area contributed by atoms with E-state index in [9.17, 15) is 5.11 Å². The predicted molar refractivity (Wildman–Crippen MR) is 82.7 cm³/mol. The molecule has 0 amide bonds. The van der Waals surface area contributed by atoms with Crippen LogP contribution in [-0.4, -0.2) is 42.4 Å². The van der Waals surface area contributed by atoms with Crippen LogP contribution < -0.4 is 5.32 Å². The number of ether oxygens (including phenoxy) is 1. The first-order valence-electron chi connectivity index (χ1n) is 6.70. The van der Waals surface area contributed by atoms with Gasteiger partial charge < -0.3 is 15.2 Å². The largest absolute Gasteiger partial charge is 0.389 e. The normalized spacial score (nSPS) is 16.0. The highest BCUT2D eigenvalue weighted by molar-refractivity contribution is 7.98. The van der Waals surface area contributed by atoms with Gasteiger partial charge in [0.05, 0.1) is 18.8 Å². The van der Waals surface area contributed by atoms with E-state index in [1.165, 1.54) is 0 Å². The molecule has 2 N–H and O–H groups in total. The van der Waals surface area contributed by atoms with Crippen molar-refractivity contribution in [3.05, 3.63) is 35.9 Å². The van der Waals surface area contributed by atoms with Crippen LogP contribution in [-0.2, 0) is 4.74 Å². The van der Waals surface area contributed by atoms with Crippen LogP contribution in [0, 0.1) is 0 Å². The van der Waals surface area contributed by atoms with E-state index in [0.717, 1.165) is 11.3 Å². The van der Waals surface area contributed by atoms with Crippen molar-refractivity contribution in [3.63, 3.8) is 0 Å². The quantitative estimate of drug-likeness (QED) is 0.730. The monoisotopic (exact) mass is 283 g/mol. The topological polar surface area (TPSA) is 41.5 Å². The van der Waals surface area contributed by atoms with Crippen LogP contribution in [0.2, 0.25) is 0 Å². The number of thioether (sulfide) groups is 1. The third-order valence-corrected chi connectivity index (χ3v) is 3.76. The summed E-state index contributed by atoms with van der Waals surface area (Å²) in [5, 5.41) is 13.2. The minimum absolute atomic E-state index is 0.0134. The summed E-state index contributed by atoms with van der Waals surface area (Å²) in [6.45, 7) is 5.06. The molecule has 4 heteroatoms. The zero-order valence-electron chi connectivity index (χ0n) is 12.0. The van der Waals surface area contributed by atoms with Crippen molar-refractivity contribution >= 4 is 11.8 Å². The predicted octanol–water partition coefficient (Wildman–Crippen LogP) is 2.47. The number of aliphatic hydroxyl groups excluding tert-OH is 1. The van der Waals surface area contributed by atoms with Crippen LogP contribution in [0.4, 0.5) is 0 Å². The van der Waals surface area contributed by atoms with Gasteiger partial charge in [0.1, 0.15) is 0 Å². The van der Waals surface area contributed by atoms with Gasteiger partial charge in [-0.15, -0.1) is 0 Å². The molecule has 1 aromatic carbocycles. The third kappa shape index (κ3) is 6.97. The molecule has 0 heterocycles. The van der Waals surface area contributed by atoms with Gasteiger partial charge in [0, 0.05) is 18.3 Å². The standard InChI is InChI=1S/C15H25NO2S/c1-12(11-19-3)16-9-15(17)10-18-13(2)14-7-5-4-6-8-14/h4-8,12-13,15-17H,9-11H2,1-3H3. The highest BCUT2D eigenvalue weighted by Crippen LogP contribution is 2.15. The first-order chi connectivity index (χ1) is 9.13. The molecular weight excluding hydrogens is 258 g/mol. The highest BCUT2D eigenvalue weighted by Gasteiger charge is 2.10. The Balaban J connectivity index is 2.21. The van der Waals surface area contributed by atoms with Crippen molar-refractivity contribution in [2.24, 2.45) is 0 Å². The van der Waals surface area contributed by atoms with Gasteiger partial charge in [-0.3, -0.25) is 0 Å². The van der Waals surface area contributed by atoms with Crippen LogP contribution in [0.25, 0.3) is 0 Å². The number of aliphatic hydroxyl groups is 1. The summed E-state index contributed by atoms with van der Waals surface area (Å²) in [4.78, 5) is 0. The van der Waals surface area contributed by atoms with Gasteiger partial charge in [-0.25, -0.2) is 0 Å². The summed E-state index contributed by atoms with van der Waals surface area (Å²) < 4.78 is 5.69. The van der Waals surface area contributed by atoms with Gasteiger partial charge in [-0.1, -0.05) is 30.3 Å². The highest BCUT2D eigenvalue weighted by atomic mass is 32.2. The van der Waals surface area contributed by atoms with Gasteiger partial charge in [-0.05, 0) is 25.7 Å². The number of hydrogen-bond acceptors (Lipinski definition) is 4. The first kappa shape index (κ1) is 16.5. The maximum absolute atomic E-state index is 9.87. The second-order valence-electron chi connectivity index (χ2n) is 4.80. The van der Waals surface area contributed by atoms with Crippen LogP contribution >= 0.6 is 11.8 Å². The molecule has 0 bridgehead atoms. The molecule has 0 aliphatic heterocycles. The molecule has 0 spiro atoms. The van der Waals surface area contributed by atoms with E-state index < -0.39 is 6.10 Å². The summed E-state index contributed by atoms with van der Waals surface area (Å²) in [6.07, 6.45) is 1.63. The molecule has 3 atom stereocenters. The second kappa shape index (κ2) is 9.37. The molecule has 0 fully saturated rings. The van der Waals surface area contributed by atoms with Crippen molar-refractivity contribution in [1.82, 2.24) is 5.32 Å². The van der Waals surface area contributed by atoms with E-state index in [1.54, 1.807) is 11.8 Å². The number of nitrogens with one attached hydrogen (secondary N) is 1. The summed E-state index contributed by atoms with van der Waals surface area (Å²) in [7, 11) is 0. The molecule has 0 saturated heterocycles. The van der Waals surface area contributed by atoms with Crippen LogP contribution in [0.3, 0.4) is 0 Å². The smallest absolute Gasteiger partial charge is 0.0898 e. The minimum Gasteiger partial charge on any atom is -0.389 e. The van der Waals surface area contributed by atoms with Gasteiger partial charge in [-0.2, -0.15) is 11.8 Å². The second-order valence-corrected chi connectivity index (χ2v) is 5.72. The van der Waals surface area contributed by atoms with Gasteiger partial charge in [0.15, 0.2) is 0 Å². The average Bonchev–Trinajstić information content (AvgIpc) is 2.44. The lowest BCUT2D eigenvalue weighted by Crippen LogP contribution is -2.37. The lowest BCUT2D eigenvalue weighted by molar-refractivity contribution is -0.00254. The fraction of sp³-hybridized carbons (Fsp3) is 0.600. The Bertz CT molecular complexity index is 334. The summed E-state index contributed by atoms with van der Waals surface area (Å²) in [5.41, 5.74) is 1.14. The lowest BCUT2D eigenvalue weighted by Gasteiger charge is -2.19. The van der Waals surface area contributed by atoms with Crippen LogP contribution in [0.1, 0.15) is 25.5 Å². The lowest BCUT2D eigenvalue weighted by atomic mass is 10.1. The van der Waals surface area contributed by atoms with Crippen LogP contribution in [0.5, 0.6) is 0 Å². The molecule has 1 rings (SSSR count). The van der Waals surface area contributed by atoms with E-state index in [-0.39, 0.29) is 6.10 Å². The van der Waals surface area contributed by atoms with E-state index >= 15 is 0 Å².